The normalized spacial score (nSPS) is 20.8. The minimum Gasteiger partial charge on any atom is -0.479 e. The van der Waals surface area contributed by atoms with Crippen molar-refractivity contribution in [1.82, 2.24) is 4.90 Å². The van der Waals surface area contributed by atoms with E-state index in [1.165, 1.54) is 23.1 Å². The third-order valence-corrected chi connectivity index (χ3v) is 3.30. The number of para-hydroxylation sites is 2. The molecule has 1 aliphatic rings. The van der Waals surface area contributed by atoms with Crippen LogP contribution in [-0.2, 0) is 14.3 Å². The molecule has 0 spiro atoms. The predicted octanol–water partition coefficient (Wildman–Crippen LogP) is 0.674. The summed E-state index contributed by atoms with van der Waals surface area (Å²) in [5.41, 5.74) is -0.237. The van der Waals surface area contributed by atoms with Crippen LogP contribution in [0.1, 0.15) is 6.92 Å². The summed E-state index contributed by atoms with van der Waals surface area (Å²) in [6.45, 7) is 1.41. The Hall–Kier alpha value is -2.68. The summed E-state index contributed by atoms with van der Waals surface area (Å²) in [6, 6.07) is 5.72. The van der Waals surface area contributed by atoms with Crippen molar-refractivity contribution in [3.8, 4) is 5.75 Å². The van der Waals surface area contributed by atoms with Crippen molar-refractivity contribution in [3.05, 3.63) is 34.4 Å². The van der Waals surface area contributed by atoms with E-state index in [1.54, 1.807) is 13.0 Å². The first-order valence-electron chi connectivity index (χ1n) is 6.90. The van der Waals surface area contributed by atoms with Crippen LogP contribution in [0.5, 0.6) is 5.75 Å². The zero-order valence-electron chi connectivity index (χ0n) is 12.4. The van der Waals surface area contributed by atoms with Crippen molar-refractivity contribution in [1.29, 1.82) is 0 Å². The molecule has 9 heteroatoms. The number of amides is 1. The number of carboxylic acids is 1. The second-order valence-electron chi connectivity index (χ2n) is 5.09. The van der Waals surface area contributed by atoms with Gasteiger partial charge in [-0.25, -0.2) is 4.79 Å². The van der Waals surface area contributed by atoms with Crippen LogP contribution in [0, 0.1) is 10.1 Å². The van der Waals surface area contributed by atoms with Crippen LogP contribution in [0.2, 0.25) is 0 Å². The molecule has 1 amide bonds. The molecule has 23 heavy (non-hydrogen) atoms. The number of nitrogens with zero attached hydrogens (tertiary/aromatic N) is 2. The maximum atomic E-state index is 12.1. The molecule has 0 bridgehead atoms. The van der Waals surface area contributed by atoms with Crippen molar-refractivity contribution in [2.45, 2.75) is 19.1 Å². The summed E-state index contributed by atoms with van der Waals surface area (Å²) in [4.78, 5) is 34.7. The number of nitro benzene ring substituents is 1. The summed E-state index contributed by atoms with van der Waals surface area (Å²) < 4.78 is 10.4. The van der Waals surface area contributed by atoms with Crippen molar-refractivity contribution >= 4 is 17.6 Å². The molecule has 0 saturated carbocycles. The van der Waals surface area contributed by atoms with Gasteiger partial charge in [-0.1, -0.05) is 12.1 Å². The number of carboxylic acid groups (broad SMARTS) is 1. The number of aliphatic carboxylic acids is 1. The Morgan fingerprint density at radius 1 is 1.43 bits per heavy atom. The monoisotopic (exact) mass is 324 g/mol. The highest BCUT2D eigenvalue weighted by atomic mass is 16.6. The number of carbonyl (C=O) groups excluding carboxylic acids is 1. The Labute approximate surface area is 131 Å². The molecule has 124 valence electrons. The summed E-state index contributed by atoms with van der Waals surface area (Å²) >= 11 is 0. The van der Waals surface area contributed by atoms with Crippen molar-refractivity contribution in [2.75, 3.05) is 19.7 Å². The Kier molecular flexibility index (Phi) is 5.12. The summed E-state index contributed by atoms with van der Waals surface area (Å²) in [5.74, 6) is -1.61. The summed E-state index contributed by atoms with van der Waals surface area (Å²) in [5, 5.41) is 19.9. The Morgan fingerprint density at radius 3 is 2.78 bits per heavy atom. The zero-order chi connectivity index (χ0) is 17.0. The molecule has 1 saturated heterocycles. The molecule has 1 heterocycles. The Morgan fingerprint density at radius 2 is 2.13 bits per heavy atom. The van der Waals surface area contributed by atoms with Crippen LogP contribution in [-0.4, -0.2) is 58.7 Å². The number of hydrogen-bond acceptors (Lipinski definition) is 6. The van der Waals surface area contributed by atoms with E-state index in [0.717, 1.165) is 0 Å². The SMILES string of the molecule is C[C@@H]1CN(C(=O)COc2ccccc2[N+](=O)[O-])CC(C(=O)O)O1. The number of hydrogen-bond donors (Lipinski definition) is 1. The fraction of sp³-hybridized carbons (Fsp3) is 0.429. The van der Waals surface area contributed by atoms with Gasteiger partial charge in [-0.15, -0.1) is 0 Å². The number of benzene rings is 1. The standard InChI is InChI=1S/C14H16N2O7/c1-9-6-15(7-12(23-9)14(18)19)13(17)8-22-11-5-3-2-4-10(11)16(20)21/h2-5,9,12H,6-8H2,1H3,(H,18,19)/t9-,12?/m1/s1. The fourth-order valence-electron chi connectivity index (χ4n) is 2.25. The van der Waals surface area contributed by atoms with Crippen molar-refractivity contribution < 1.29 is 29.1 Å². The molecule has 0 aliphatic carbocycles. The molecule has 1 unspecified atom stereocenters. The van der Waals surface area contributed by atoms with Crippen LogP contribution in [0.15, 0.2) is 24.3 Å². The Balaban J connectivity index is 1.99. The number of rotatable bonds is 5. The van der Waals surface area contributed by atoms with Gasteiger partial charge in [-0.05, 0) is 13.0 Å². The van der Waals surface area contributed by atoms with E-state index < -0.39 is 35.6 Å². The largest absolute Gasteiger partial charge is 0.479 e. The predicted molar refractivity (Wildman–Crippen MR) is 77.1 cm³/mol. The molecule has 0 aromatic heterocycles. The molecule has 9 nitrogen and oxygen atoms in total. The molecular weight excluding hydrogens is 308 g/mol. The van der Waals surface area contributed by atoms with E-state index in [0.29, 0.717) is 0 Å². The third kappa shape index (κ3) is 4.16. The lowest BCUT2D eigenvalue weighted by atomic mass is 10.2. The number of carbonyl (C=O) groups is 2. The van der Waals surface area contributed by atoms with E-state index in [-0.39, 0.29) is 24.5 Å². The van der Waals surface area contributed by atoms with Gasteiger partial charge in [-0.3, -0.25) is 14.9 Å². The molecule has 1 fully saturated rings. The van der Waals surface area contributed by atoms with E-state index in [1.807, 2.05) is 0 Å². The van der Waals surface area contributed by atoms with Crippen LogP contribution < -0.4 is 4.74 Å². The third-order valence-electron chi connectivity index (χ3n) is 3.30. The average molecular weight is 324 g/mol. The van der Waals surface area contributed by atoms with Crippen LogP contribution in [0.4, 0.5) is 5.69 Å². The number of nitro groups is 1. The maximum absolute atomic E-state index is 12.1. The van der Waals surface area contributed by atoms with Crippen LogP contribution >= 0.6 is 0 Å². The van der Waals surface area contributed by atoms with Gasteiger partial charge in [0.05, 0.1) is 17.6 Å². The highest BCUT2D eigenvalue weighted by molar-refractivity contribution is 5.80. The molecule has 2 rings (SSSR count). The highest BCUT2D eigenvalue weighted by Crippen LogP contribution is 2.25. The van der Waals surface area contributed by atoms with E-state index >= 15 is 0 Å². The molecule has 2 atom stereocenters. The lowest BCUT2D eigenvalue weighted by molar-refractivity contribution is -0.385. The smallest absolute Gasteiger partial charge is 0.334 e. The Bertz CT molecular complexity index is 619. The number of ether oxygens (including phenoxy) is 2. The van der Waals surface area contributed by atoms with E-state index in [2.05, 4.69) is 0 Å². The lowest BCUT2D eigenvalue weighted by Gasteiger charge is -2.34. The first kappa shape index (κ1) is 16.7. The van der Waals surface area contributed by atoms with Gasteiger partial charge in [0.2, 0.25) is 0 Å². The molecular formula is C14H16N2O7. The summed E-state index contributed by atoms with van der Waals surface area (Å²) in [6.07, 6.45) is -1.51. The number of morpholine rings is 1. The lowest BCUT2D eigenvalue weighted by Crippen LogP contribution is -2.52. The average Bonchev–Trinajstić information content (AvgIpc) is 2.52. The molecule has 1 aliphatic heterocycles. The molecule has 0 radical (unpaired) electrons. The first-order chi connectivity index (χ1) is 10.9. The van der Waals surface area contributed by atoms with Crippen LogP contribution in [0.3, 0.4) is 0 Å². The van der Waals surface area contributed by atoms with Crippen molar-refractivity contribution in [3.63, 3.8) is 0 Å². The highest BCUT2D eigenvalue weighted by Gasteiger charge is 2.32. The van der Waals surface area contributed by atoms with Gasteiger partial charge in [0.15, 0.2) is 18.5 Å². The first-order valence-corrected chi connectivity index (χ1v) is 6.90. The van der Waals surface area contributed by atoms with Gasteiger partial charge in [0.25, 0.3) is 5.91 Å². The van der Waals surface area contributed by atoms with Gasteiger partial charge in [0, 0.05) is 12.6 Å². The van der Waals surface area contributed by atoms with Gasteiger partial charge in [-0.2, -0.15) is 0 Å². The minimum absolute atomic E-state index is 0.0121. The second kappa shape index (κ2) is 7.05. The van der Waals surface area contributed by atoms with Gasteiger partial charge < -0.3 is 19.5 Å². The van der Waals surface area contributed by atoms with Gasteiger partial charge in [0.1, 0.15) is 0 Å². The molecule has 1 aromatic rings. The van der Waals surface area contributed by atoms with Crippen LogP contribution in [0.25, 0.3) is 0 Å². The maximum Gasteiger partial charge on any atom is 0.334 e. The molecule has 1 N–H and O–H groups in total. The summed E-state index contributed by atoms with van der Waals surface area (Å²) in [7, 11) is 0. The topological polar surface area (TPSA) is 119 Å². The van der Waals surface area contributed by atoms with Crippen molar-refractivity contribution in [2.24, 2.45) is 0 Å². The fourth-order valence-corrected chi connectivity index (χ4v) is 2.25. The quantitative estimate of drug-likeness (QED) is 0.624. The molecule has 1 aromatic carbocycles. The van der Waals surface area contributed by atoms with E-state index in [9.17, 15) is 19.7 Å². The van der Waals surface area contributed by atoms with Gasteiger partial charge >= 0.3 is 11.7 Å². The zero-order valence-corrected chi connectivity index (χ0v) is 12.4. The van der Waals surface area contributed by atoms with E-state index in [4.69, 9.17) is 14.6 Å². The minimum atomic E-state index is -1.14. The second-order valence-corrected chi connectivity index (χ2v) is 5.09.